The summed E-state index contributed by atoms with van der Waals surface area (Å²) in [6, 6.07) is -0.830. The number of aliphatic hydroxyl groups excluding tert-OH is 8. The van der Waals surface area contributed by atoms with Crippen molar-refractivity contribution in [2.24, 2.45) is 0 Å². The minimum atomic E-state index is -1.78. The summed E-state index contributed by atoms with van der Waals surface area (Å²) in [6.45, 7) is 2.72. The molecule has 0 spiro atoms. The van der Waals surface area contributed by atoms with Crippen molar-refractivity contribution in [1.82, 2.24) is 5.32 Å². The van der Waals surface area contributed by atoms with Gasteiger partial charge in [0.15, 0.2) is 12.6 Å². The van der Waals surface area contributed by atoms with Crippen LogP contribution in [0.4, 0.5) is 0 Å². The number of hydrogen-bond donors (Lipinski definition) is 9. The molecule has 9 N–H and O–H groups in total. The number of ether oxygens (including phenoxy) is 4. The van der Waals surface area contributed by atoms with Crippen LogP contribution >= 0.6 is 0 Å². The van der Waals surface area contributed by atoms with E-state index in [1.54, 1.807) is 0 Å². The first-order valence-corrected chi connectivity index (χ1v) is 32.3. The first-order chi connectivity index (χ1) is 39.6. The lowest BCUT2D eigenvalue weighted by molar-refractivity contribution is -0.359. The van der Waals surface area contributed by atoms with Crippen LogP contribution in [0.3, 0.4) is 0 Å². The second-order valence-corrected chi connectivity index (χ2v) is 22.5. The number of nitrogens with one attached hydrogen (secondary N) is 1. The predicted molar refractivity (Wildman–Crippen MR) is 327 cm³/mol. The summed E-state index contributed by atoms with van der Waals surface area (Å²) in [4.78, 5) is 13.3. The van der Waals surface area contributed by atoms with Crippen molar-refractivity contribution in [3.05, 3.63) is 85.1 Å². The quantitative estimate of drug-likeness (QED) is 0.0204. The van der Waals surface area contributed by atoms with Crippen molar-refractivity contribution in [3.8, 4) is 0 Å². The van der Waals surface area contributed by atoms with E-state index in [1.165, 1.54) is 116 Å². The summed E-state index contributed by atoms with van der Waals surface area (Å²) < 4.78 is 22.8. The fourth-order valence-electron chi connectivity index (χ4n) is 10.2. The van der Waals surface area contributed by atoms with E-state index in [9.17, 15) is 45.6 Å². The highest BCUT2D eigenvalue weighted by molar-refractivity contribution is 5.76. The number of hydrogen-bond acceptors (Lipinski definition) is 13. The Morgan fingerprint density at radius 1 is 0.457 bits per heavy atom. The Morgan fingerprint density at radius 3 is 1.31 bits per heavy atom. The van der Waals surface area contributed by atoms with Crippen LogP contribution < -0.4 is 5.32 Å². The van der Waals surface area contributed by atoms with Crippen molar-refractivity contribution >= 4 is 5.91 Å². The minimum Gasteiger partial charge on any atom is -0.394 e. The van der Waals surface area contributed by atoms with E-state index in [-0.39, 0.29) is 12.5 Å². The van der Waals surface area contributed by atoms with E-state index in [4.69, 9.17) is 18.9 Å². The van der Waals surface area contributed by atoms with E-state index in [0.717, 1.165) is 96.3 Å². The third kappa shape index (κ3) is 36.6. The SMILES string of the molecule is CC/C=C\C/C=C\C/C=C\C/C=C\C/C=C\C/C=C\C/C=C\CCCCCCCCCCCCCCCCCC(=O)NC(COC1OC(CO)C(OC2OC(CO)C(O)C(O)C2O)C(O)C1O)C(O)CCCCCCCCCCCC. The van der Waals surface area contributed by atoms with Crippen LogP contribution in [0.25, 0.3) is 0 Å². The van der Waals surface area contributed by atoms with Gasteiger partial charge in [0.1, 0.15) is 48.8 Å². The molecule has 0 aromatic heterocycles. The van der Waals surface area contributed by atoms with Gasteiger partial charge in [0.2, 0.25) is 5.91 Å². The molecule has 14 nitrogen and oxygen atoms in total. The second kappa shape index (κ2) is 51.6. The van der Waals surface area contributed by atoms with Gasteiger partial charge in [-0.25, -0.2) is 0 Å². The Balaban J connectivity index is 1.58. The number of allylic oxidation sites excluding steroid dienone is 14. The molecule has 2 fully saturated rings. The Morgan fingerprint density at radius 2 is 0.852 bits per heavy atom. The van der Waals surface area contributed by atoms with Gasteiger partial charge in [0.05, 0.1) is 32.0 Å². The summed E-state index contributed by atoms with van der Waals surface area (Å²) >= 11 is 0. The molecule has 2 aliphatic rings. The number of rotatable bonds is 51. The van der Waals surface area contributed by atoms with E-state index in [0.29, 0.717) is 12.8 Å². The summed E-state index contributed by atoms with van der Waals surface area (Å²) in [5.41, 5.74) is 0. The summed E-state index contributed by atoms with van der Waals surface area (Å²) in [7, 11) is 0. The minimum absolute atomic E-state index is 0.210. The molecule has 2 heterocycles. The molecule has 81 heavy (non-hydrogen) atoms. The molecular formula is C67H117NO13. The van der Waals surface area contributed by atoms with Crippen molar-refractivity contribution in [2.75, 3.05) is 19.8 Å². The normalized spacial score (nSPS) is 24.7. The van der Waals surface area contributed by atoms with Gasteiger partial charge < -0.3 is 65.1 Å². The van der Waals surface area contributed by atoms with Crippen LogP contribution in [0.1, 0.15) is 239 Å². The van der Waals surface area contributed by atoms with Gasteiger partial charge in [-0.3, -0.25) is 4.79 Å². The molecule has 12 atom stereocenters. The molecule has 0 bridgehead atoms. The Hall–Kier alpha value is -2.83. The second-order valence-electron chi connectivity index (χ2n) is 22.5. The van der Waals surface area contributed by atoms with Crippen molar-refractivity contribution < 1.29 is 64.6 Å². The third-order valence-electron chi connectivity index (χ3n) is 15.4. The molecule has 2 aliphatic heterocycles. The van der Waals surface area contributed by atoms with Crippen LogP contribution in [-0.4, -0.2) is 140 Å². The summed E-state index contributed by atoms with van der Waals surface area (Å²) in [6.07, 6.45) is 53.3. The van der Waals surface area contributed by atoms with Crippen LogP contribution in [0.5, 0.6) is 0 Å². The van der Waals surface area contributed by atoms with Crippen LogP contribution in [0.2, 0.25) is 0 Å². The van der Waals surface area contributed by atoms with Gasteiger partial charge in [-0.1, -0.05) is 247 Å². The maximum absolute atomic E-state index is 13.3. The smallest absolute Gasteiger partial charge is 0.220 e. The molecule has 2 saturated heterocycles. The maximum atomic E-state index is 13.3. The molecule has 0 aromatic rings. The lowest BCUT2D eigenvalue weighted by Gasteiger charge is -2.46. The standard InChI is InChI=1S/C67H117NO13/c1-3-5-7-9-11-13-15-16-17-18-19-20-21-22-23-24-25-26-27-28-29-30-31-32-33-34-35-36-37-38-39-40-41-43-45-47-49-51-59(72)68-55(56(71)50-48-46-44-42-14-12-10-8-6-4-2)54-78-66-64(77)62(75)65(58(53-70)80-66)81-67-63(76)61(74)60(73)57(52-69)79-67/h5,7,11,13,16-17,19-20,22-23,25-26,28-29,55-58,60-67,69-71,73-77H,3-4,6,8-10,12,14-15,18,21,24,27,30-54H2,1-2H3,(H,68,72)/b7-5-,13-11-,17-16-,20-19-,23-22-,26-25-,29-28-. The number of carbonyl (C=O) groups is 1. The van der Waals surface area contributed by atoms with Gasteiger partial charge in [0.25, 0.3) is 0 Å². The zero-order chi connectivity index (χ0) is 58.8. The molecule has 468 valence electrons. The number of aliphatic hydroxyl groups is 8. The molecule has 0 saturated carbocycles. The summed E-state index contributed by atoms with van der Waals surface area (Å²) in [5, 5.41) is 87.1. The molecule has 14 heteroatoms. The zero-order valence-electron chi connectivity index (χ0n) is 50.5. The Kier molecular flexibility index (Phi) is 47.3. The van der Waals surface area contributed by atoms with Gasteiger partial charge in [0, 0.05) is 6.42 Å². The number of amides is 1. The van der Waals surface area contributed by atoms with Crippen LogP contribution in [-0.2, 0) is 23.7 Å². The van der Waals surface area contributed by atoms with Crippen LogP contribution in [0, 0.1) is 0 Å². The van der Waals surface area contributed by atoms with E-state index < -0.39 is 86.8 Å². The predicted octanol–water partition coefficient (Wildman–Crippen LogP) is 12.1. The first kappa shape index (κ1) is 74.3. The largest absolute Gasteiger partial charge is 0.394 e. The fourth-order valence-corrected chi connectivity index (χ4v) is 10.2. The van der Waals surface area contributed by atoms with Crippen LogP contribution in [0.15, 0.2) is 85.1 Å². The van der Waals surface area contributed by atoms with Gasteiger partial charge in [-0.2, -0.15) is 0 Å². The highest BCUT2D eigenvalue weighted by Gasteiger charge is 2.51. The highest BCUT2D eigenvalue weighted by atomic mass is 16.7. The zero-order valence-corrected chi connectivity index (χ0v) is 50.5. The average molecular weight is 1140 g/mol. The fraction of sp³-hybridized carbons (Fsp3) is 0.776. The molecule has 0 aromatic carbocycles. The molecular weight excluding hydrogens is 1030 g/mol. The van der Waals surface area contributed by atoms with Gasteiger partial charge >= 0.3 is 0 Å². The number of carbonyl (C=O) groups excluding carboxylic acids is 1. The van der Waals surface area contributed by atoms with Crippen molar-refractivity contribution in [3.63, 3.8) is 0 Å². The Bertz CT molecular complexity index is 1680. The molecule has 0 aliphatic carbocycles. The highest BCUT2D eigenvalue weighted by Crippen LogP contribution is 2.30. The monoisotopic (exact) mass is 1140 g/mol. The lowest BCUT2D eigenvalue weighted by Crippen LogP contribution is -2.65. The maximum Gasteiger partial charge on any atom is 0.220 e. The topological polar surface area (TPSA) is 228 Å². The Labute approximate surface area is 491 Å². The first-order valence-electron chi connectivity index (χ1n) is 32.3. The average Bonchev–Trinajstić information content (AvgIpc) is 3.51. The lowest BCUT2D eigenvalue weighted by atomic mass is 9.97. The van der Waals surface area contributed by atoms with Gasteiger partial charge in [-0.15, -0.1) is 0 Å². The van der Waals surface area contributed by atoms with Crippen molar-refractivity contribution in [1.29, 1.82) is 0 Å². The van der Waals surface area contributed by atoms with Gasteiger partial charge in [-0.05, 0) is 70.6 Å². The molecule has 2 rings (SSSR count). The number of unbranched alkanes of at least 4 members (excludes halogenated alkanes) is 24. The molecule has 0 radical (unpaired) electrons. The van der Waals surface area contributed by atoms with E-state index in [2.05, 4.69) is 104 Å². The van der Waals surface area contributed by atoms with E-state index in [1.807, 2.05) is 0 Å². The van der Waals surface area contributed by atoms with Crippen molar-refractivity contribution in [2.45, 2.75) is 312 Å². The molecule has 12 unspecified atom stereocenters. The molecule has 1 amide bonds. The van der Waals surface area contributed by atoms with E-state index >= 15 is 0 Å². The summed E-state index contributed by atoms with van der Waals surface area (Å²) in [5.74, 6) is -0.210. The third-order valence-corrected chi connectivity index (χ3v) is 15.4.